The lowest BCUT2D eigenvalue weighted by molar-refractivity contribution is -0.137. The number of alkyl halides is 3. The maximum absolute atomic E-state index is 13.5. The molecular weight excluding hydrogens is 423 g/mol. The van der Waals surface area contributed by atoms with Gasteiger partial charge in [0.15, 0.2) is 5.69 Å². The van der Waals surface area contributed by atoms with Crippen LogP contribution in [0.25, 0.3) is 16.7 Å². The molecule has 0 aliphatic carbocycles. The van der Waals surface area contributed by atoms with Gasteiger partial charge in [-0.3, -0.25) is 14.5 Å². The predicted molar refractivity (Wildman–Crippen MR) is 111 cm³/mol. The number of carbonyl (C=O) groups is 1. The van der Waals surface area contributed by atoms with Gasteiger partial charge in [0.1, 0.15) is 0 Å². The van der Waals surface area contributed by atoms with Crippen molar-refractivity contribution in [1.82, 2.24) is 19.3 Å². The van der Waals surface area contributed by atoms with Crippen molar-refractivity contribution in [3.63, 3.8) is 0 Å². The first-order chi connectivity index (χ1) is 15.3. The standard InChI is InChI=1S/C22H16F3N5O2/c1-13-12-18(31)19(27-30(13)16-8-4-2-6-14(16)22(23,24)25)20(32)29-11-10-28-17-9-5-3-7-15(17)26-21(28)29/h2-9,12H,10-11H2,1H3. The van der Waals surface area contributed by atoms with Crippen LogP contribution < -0.4 is 10.3 Å². The number of benzene rings is 2. The molecule has 1 aliphatic rings. The van der Waals surface area contributed by atoms with Gasteiger partial charge in [0.25, 0.3) is 5.91 Å². The number of imidazole rings is 1. The monoisotopic (exact) mass is 439 g/mol. The first-order valence-electron chi connectivity index (χ1n) is 9.80. The first-order valence-corrected chi connectivity index (χ1v) is 9.80. The predicted octanol–water partition coefficient (Wildman–Crippen LogP) is 3.57. The van der Waals surface area contributed by atoms with Crippen LogP contribution in [0, 0.1) is 6.92 Å². The van der Waals surface area contributed by atoms with Crippen LogP contribution in [0.5, 0.6) is 0 Å². The van der Waals surface area contributed by atoms with Crippen LogP contribution in [-0.4, -0.2) is 31.8 Å². The molecule has 3 heterocycles. The Balaban J connectivity index is 1.62. The summed E-state index contributed by atoms with van der Waals surface area (Å²) in [6, 6.07) is 13.4. The molecule has 0 saturated carbocycles. The number of anilines is 1. The Bertz CT molecular complexity index is 1440. The Kier molecular flexibility index (Phi) is 4.40. The molecule has 0 fully saturated rings. The minimum atomic E-state index is -4.63. The molecule has 0 N–H and O–H groups in total. The van der Waals surface area contributed by atoms with E-state index in [0.29, 0.717) is 18.0 Å². The van der Waals surface area contributed by atoms with Gasteiger partial charge in [-0.05, 0) is 31.2 Å². The van der Waals surface area contributed by atoms with Crippen LogP contribution in [0.2, 0.25) is 0 Å². The summed E-state index contributed by atoms with van der Waals surface area (Å²) in [5.74, 6) is -0.331. The lowest BCUT2D eigenvalue weighted by Gasteiger charge is -2.18. The van der Waals surface area contributed by atoms with Gasteiger partial charge >= 0.3 is 6.18 Å². The number of hydrogen-bond acceptors (Lipinski definition) is 4. The number of nitrogens with zero attached hydrogens (tertiary/aromatic N) is 5. The minimum Gasteiger partial charge on any atom is -0.308 e. The number of carbonyl (C=O) groups excluding carboxylic acids is 1. The summed E-state index contributed by atoms with van der Waals surface area (Å²) in [6.07, 6.45) is -4.63. The lowest BCUT2D eigenvalue weighted by atomic mass is 10.1. The molecule has 0 bridgehead atoms. The van der Waals surface area contributed by atoms with Crippen LogP contribution >= 0.6 is 0 Å². The van der Waals surface area contributed by atoms with E-state index in [9.17, 15) is 22.8 Å². The molecule has 0 spiro atoms. The number of fused-ring (bicyclic) bond motifs is 3. The van der Waals surface area contributed by atoms with Gasteiger partial charge in [-0.2, -0.15) is 18.3 Å². The van der Waals surface area contributed by atoms with Gasteiger partial charge < -0.3 is 4.57 Å². The normalized spacial score (nSPS) is 13.6. The van der Waals surface area contributed by atoms with Gasteiger partial charge in [0, 0.05) is 24.8 Å². The Morgan fingerprint density at radius 3 is 2.53 bits per heavy atom. The molecule has 7 nitrogen and oxygen atoms in total. The topological polar surface area (TPSA) is 73.0 Å². The molecule has 10 heteroatoms. The average molecular weight is 439 g/mol. The third kappa shape index (κ3) is 3.06. The molecule has 5 rings (SSSR count). The quantitative estimate of drug-likeness (QED) is 0.479. The van der Waals surface area contributed by atoms with Gasteiger partial charge in [-0.25, -0.2) is 9.67 Å². The molecule has 1 amide bonds. The molecule has 32 heavy (non-hydrogen) atoms. The van der Waals surface area contributed by atoms with Gasteiger partial charge in [0.2, 0.25) is 11.4 Å². The van der Waals surface area contributed by atoms with Crippen molar-refractivity contribution in [2.75, 3.05) is 11.4 Å². The molecule has 4 aromatic rings. The molecule has 0 radical (unpaired) electrons. The van der Waals surface area contributed by atoms with E-state index < -0.39 is 28.8 Å². The highest BCUT2D eigenvalue weighted by Crippen LogP contribution is 2.34. The van der Waals surface area contributed by atoms with E-state index in [1.165, 1.54) is 30.0 Å². The van der Waals surface area contributed by atoms with Crippen molar-refractivity contribution in [1.29, 1.82) is 0 Å². The summed E-state index contributed by atoms with van der Waals surface area (Å²) >= 11 is 0. The molecule has 162 valence electrons. The summed E-state index contributed by atoms with van der Waals surface area (Å²) in [6.45, 7) is 2.23. The van der Waals surface area contributed by atoms with E-state index in [-0.39, 0.29) is 17.9 Å². The number of hydrogen-bond donors (Lipinski definition) is 0. The van der Waals surface area contributed by atoms with Crippen molar-refractivity contribution >= 4 is 22.9 Å². The van der Waals surface area contributed by atoms with E-state index >= 15 is 0 Å². The zero-order valence-corrected chi connectivity index (χ0v) is 16.8. The third-order valence-corrected chi connectivity index (χ3v) is 5.42. The van der Waals surface area contributed by atoms with Crippen LogP contribution in [0.3, 0.4) is 0 Å². The second kappa shape index (κ2) is 7.04. The molecule has 0 atom stereocenters. The van der Waals surface area contributed by atoms with Crippen molar-refractivity contribution in [3.05, 3.63) is 81.8 Å². The number of halogens is 3. The zero-order chi connectivity index (χ0) is 22.6. The van der Waals surface area contributed by atoms with Crippen molar-refractivity contribution in [2.24, 2.45) is 0 Å². The SMILES string of the molecule is Cc1cc(=O)c(C(=O)N2CCn3c2nc2ccccc23)nn1-c1ccccc1C(F)(F)F. The third-order valence-electron chi connectivity index (χ3n) is 5.42. The summed E-state index contributed by atoms with van der Waals surface area (Å²) in [7, 11) is 0. The first kappa shape index (κ1) is 20.0. The molecule has 1 aliphatic heterocycles. The Morgan fingerprint density at radius 1 is 1.03 bits per heavy atom. The highest BCUT2D eigenvalue weighted by Gasteiger charge is 2.35. The molecule has 0 unspecified atom stereocenters. The van der Waals surface area contributed by atoms with E-state index in [4.69, 9.17) is 0 Å². The maximum Gasteiger partial charge on any atom is 0.418 e. The van der Waals surface area contributed by atoms with Crippen LogP contribution in [0.1, 0.15) is 21.7 Å². The van der Waals surface area contributed by atoms with Crippen molar-refractivity contribution in [3.8, 4) is 5.69 Å². The largest absolute Gasteiger partial charge is 0.418 e. The zero-order valence-electron chi connectivity index (χ0n) is 16.8. The van der Waals surface area contributed by atoms with Crippen molar-refractivity contribution in [2.45, 2.75) is 19.6 Å². The maximum atomic E-state index is 13.5. The van der Waals surface area contributed by atoms with E-state index in [2.05, 4.69) is 10.1 Å². The van der Waals surface area contributed by atoms with Gasteiger partial charge in [-0.15, -0.1) is 0 Å². The molecule has 2 aromatic heterocycles. The Hall–Kier alpha value is -3.95. The summed E-state index contributed by atoms with van der Waals surface area (Å²) in [5, 5.41) is 4.06. The van der Waals surface area contributed by atoms with E-state index in [1.54, 1.807) is 0 Å². The molecule has 0 saturated heterocycles. The fourth-order valence-corrected chi connectivity index (χ4v) is 3.95. The lowest BCUT2D eigenvalue weighted by Crippen LogP contribution is -2.35. The second-order valence-corrected chi connectivity index (χ2v) is 7.43. The number of aryl methyl sites for hydroxylation is 1. The van der Waals surface area contributed by atoms with Crippen molar-refractivity contribution < 1.29 is 18.0 Å². The van der Waals surface area contributed by atoms with Gasteiger partial charge in [0.05, 0.1) is 22.3 Å². The summed E-state index contributed by atoms with van der Waals surface area (Å²) < 4.78 is 43.4. The Morgan fingerprint density at radius 2 is 1.75 bits per heavy atom. The van der Waals surface area contributed by atoms with Crippen LogP contribution in [0.4, 0.5) is 19.1 Å². The fraction of sp³-hybridized carbons (Fsp3) is 0.182. The highest BCUT2D eigenvalue weighted by atomic mass is 19.4. The summed E-state index contributed by atoms with van der Waals surface area (Å²) in [5.41, 5.74) is -0.576. The number of para-hydroxylation sites is 3. The minimum absolute atomic E-state index is 0.178. The highest BCUT2D eigenvalue weighted by molar-refractivity contribution is 6.05. The van der Waals surface area contributed by atoms with E-state index in [0.717, 1.165) is 22.3 Å². The van der Waals surface area contributed by atoms with Crippen LogP contribution in [-0.2, 0) is 12.7 Å². The Labute approximate surface area is 179 Å². The van der Waals surface area contributed by atoms with Gasteiger partial charge in [-0.1, -0.05) is 24.3 Å². The fourth-order valence-electron chi connectivity index (χ4n) is 3.95. The second-order valence-electron chi connectivity index (χ2n) is 7.43. The number of aromatic nitrogens is 4. The molecular formula is C22H16F3N5O2. The molecule has 2 aromatic carbocycles. The van der Waals surface area contributed by atoms with Crippen LogP contribution in [0.15, 0.2) is 59.4 Å². The van der Waals surface area contributed by atoms with E-state index in [1.807, 2.05) is 28.8 Å². The summed E-state index contributed by atoms with van der Waals surface area (Å²) in [4.78, 5) is 31.7. The average Bonchev–Trinajstić information content (AvgIpc) is 3.32. The smallest absolute Gasteiger partial charge is 0.308 e. The number of amides is 1. The number of rotatable bonds is 2.